The normalized spacial score (nSPS) is 29.1. The van der Waals surface area contributed by atoms with E-state index in [2.05, 4.69) is 41.8 Å². The van der Waals surface area contributed by atoms with Crippen LogP contribution in [0, 0.1) is 0 Å². The average Bonchev–Trinajstić information content (AvgIpc) is 3.40. The third-order valence-electron chi connectivity index (χ3n) is 5.49. The highest BCUT2D eigenvalue weighted by Crippen LogP contribution is 2.47. The third kappa shape index (κ3) is 5.33. The molecule has 0 spiro atoms. The van der Waals surface area contributed by atoms with Gasteiger partial charge in [-0.3, -0.25) is 28.7 Å². The number of hydrogen-bond acceptors (Lipinski definition) is 10. The van der Waals surface area contributed by atoms with E-state index in [1.807, 2.05) is 0 Å². The van der Waals surface area contributed by atoms with Crippen LogP contribution in [0.25, 0.3) is 0 Å². The van der Waals surface area contributed by atoms with Gasteiger partial charge in [-0.15, -0.1) is 0 Å². The Morgan fingerprint density at radius 3 is 1.56 bits per heavy atom. The number of rotatable bonds is 7. The summed E-state index contributed by atoms with van der Waals surface area (Å²) in [6, 6.07) is 0. The van der Waals surface area contributed by atoms with Crippen molar-refractivity contribution < 1.29 is 19.7 Å². The van der Waals surface area contributed by atoms with Gasteiger partial charge in [-0.1, -0.05) is 21.6 Å². The van der Waals surface area contributed by atoms with Gasteiger partial charge in [0.2, 0.25) is 0 Å². The topological polar surface area (TPSA) is 169 Å². The molecule has 2 aliphatic heterocycles. The van der Waals surface area contributed by atoms with E-state index < -0.39 is 47.2 Å². The molecule has 12 nitrogen and oxygen atoms in total. The summed E-state index contributed by atoms with van der Waals surface area (Å²) in [7, 11) is 2.88. The van der Waals surface area contributed by atoms with Crippen LogP contribution in [0.1, 0.15) is 25.3 Å². The summed E-state index contributed by atoms with van der Waals surface area (Å²) in [5, 5.41) is 19.2. The highest BCUT2D eigenvalue weighted by Gasteiger charge is 2.41. The van der Waals surface area contributed by atoms with Crippen molar-refractivity contribution in [3.63, 3.8) is 0 Å². The van der Waals surface area contributed by atoms with Crippen LogP contribution < -0.4 is 22.5 Å². The average molecular weight is 644 g/mol. The van der Waals surface area contributed by atoms with Crippen molar-refractivity contribution in [3.05, 3.63) is 63.0 Å². The van der Waals surface area contributed by atoms with Crippen LogP contribution in [0.3, 0.4) is 0 Å². The first kappa shape index (κ1) is 25.9. The highest BCUT2D eigenvalue weighted by molar-refractivity contribution is 9.10. The molecule has 2 aliphatic rings. The van der Waals surface area contributed by atoms with E-state index in [1.54, 1.807) is 0 Å². The Hall–Kier alpha value is -1.14. The lowest BCUT2D eigenvalue weighted by Gasteiger charge is -2.19. The molecular formula is C18H20Br2N4O8S2. The van der Waals surface area contributed by atoms with Crippen LogP contribution in [0.5, 0.6) is 0 Å². The second kappa shape index (κ2) is 10.9. The van der Waals surface area contributed by atoms with E-state index in [4.69, 9.17) is 9.47 Å². The summed E-state index contributed by atoms with van der Waals surface area (Å²) in [6.07, 6.45) is 1.06. The molecule has 0 aliphatic carbocycles. The predicted molar refractivity (Wildman–Crippen MR) is 132 cm³/mol. The molecule has 4 rings (SSSR count). The Morgan fingerprint density at radius 2 is 1.21 bits per heavy atom. The van der Waals surface area contributed by atoms with Crippen molar-refractivity contribution in [2.75, 3.05) is 13.2 Å². The Kier molecular flexibility index (Phi) is 8.28. The Labute approximate surface area is 215 Å². The molecule has 0 amide bonds. The van der Waals surface area contributed by atoms with Crippen molar-refractivity contribution in [1.29, 1.82) is 0 Å². The molecule has 0 aromatic carbocycles. The number of nitrogens with one attached hydrogen (secondary N) is 2. The monoisotopic (exact) mass is 642 g/mol. The third-order valence-corrected chi connectivity index (χ3v) is 10.0. The van der Waals surface area contributed by atoms with Gasteiger partial charge >= 0.3 is 11.4 Å². The van der Waals surface area contributed by atoms with Gasteiger partial charge in [0, 0.05) is 35.7 Å². The van der Waals surface area contributed by atoms with E-state index in [0.717, 1.165) is 0 Å². The number of aliphatic hydroxyl groups excluding tert-OH is 2. The second-order valence-corrected chi connectivity index (χ2v) is 12.1. The summed E-state index contributed by atoms with van der Waals surface area (Å²) in [6.45, 7) is -0.524. The minimum atomic E-state index is -0.672. The van der Waals surface area contributed by atoms with Crippen molar-refractivity contribution in [3.8, 4) is 0 Å². The number of aliphatic hydroxyl groups is 2. The van der Waals surface area contributed by atoms with Crippen LogP contribution in [-0.4, -0.2) is 65.2 Å². The molecule has 34 heavy (non-hydrogen) atoms. The zero-order valence-electron chi connectivity index (χ0n) is 17.3. The lowest BCUT2D eigenvalue weighted by molar-refractivity contribution is -0.0240. The molecule has 186 valence electrons. The molecule has 2 saturated heterocycles. The van der Waals surface area contributed by atoms with Crippen LogP contribution >= 0.6 is 53.4 Å². The summed E-state index contributed by atoms with van der Waals surface area (Å²) in [4.78, 5) is 52.0. The van der Waals surface area contributed by atoms with Crippen molar-refractivity contribution in [2.24, 2.45) is 0 Å². The molecule has 0 saturated carbocycles. The summed E-state index contributed by atoms with van der Waals surface area (Å²) in [5.74, 6) is 0. The maximum Gasteiger partial charge on any atom is 0.330 e. The standard InChI is InChI=1S/C18H20Br2N4O8S2/c19-7-3-23(17(29)21-15(7)27)13-1-11(9(5-25)31-13)33-34-12-2-14(32-10(12)6-26)24-4-8(20)16(28)22-18(24)30/h3-4,9-14,25-26H,1-2,5-6H2,(H,21,27,29)(H,22,28,30)/t9-,10-,11?,12?,13-,14-/m0/s1. The SMILES string of the molecule is O=c1[nH]c(=O)n([C@@H]2CC(SSC3C[C@@H](n4cc(Br)c(=O)[nH]c4=O)O[C@H]3CO)[C@H](CO)O2)cc1Br. The summed E-state index contributed by atoms with van der Waals surface area (Å²) in [5.41, 5.74) is -2.31. The first-order valence-corrected chi connectivity index (χ1v) is 13.9. The lowest BCUT2D eigenvalue weighted by Crippen LogP contribution is -2.32. The van der Waals surface area contributed by atoms with Crippen LogP contribution in [0.15, 0.2) is 40.5 Å². The fourth-order valence-corrected chi connectivity index (χ4v) is 7.80. The van der Waals surface area contributed by atoms with Gasteiger partial charge in [0.05, 0.1) is 34.4 Å². The number of aromatic nitrogens is 4. The first-order valence-electron chi connectivity index (χ1n) is 10.1. The molecule has 2 aromatic rings. The van der Waals surface area contributed by atoms with Crippen LogP contribution in [0.2, 0.25) is 0 Å². The number of halogens is 2. The van der Waals surface area contributed by atoms with Gasteiger partial charge in [-0.05, 0) is 31.9 Å². The van der Waals surface area contributed by atoms with Gasteiger partial charge in [-0.25, -0.2) is 9.59 Å². The molecule has 2 fully saturated rings. The molecule has 0 bridgehead atoms. The van der Waals surface area contributed by atoms with Gasteiger partial charge in [0.1, 0.15) is 12.5 Å². The number of ether oxygens (including phenoxy) is 2. The molecular weight excluding hydrogens is 624 g/mol. The minimum Gasteiger partial charge on any atom is -0.394 e. The number of H-pyrrole nitrogens is 2. The number of nitrogens with zero attached hydrogens (tertiary/aromatic N) is 2. The minimum absolute atomic E-state index is 0.186. The lowest BCUT2D eigenvalue weighted by atomic mass is 10.2. The van der Waals surface area contributed by atoms with E-state index in [1.165, 1.54) is 43.1 Å². The van der Waals surface area contributed by atoms with E-state index in [0.29, 0.717) is 12.8 Å². The van der Waals surface area contributed by atoms with Crippen molar-refractivity contribution in [2.45, 2.75) is 48.0 Å². The maximum absolute atomic E-state index is 12.2. The van der Waals surface area contributed by atoms with Gasteiger partial charge in [-0.2, -0.15) is 0 Å². The molecule has 6 atom stereocenters. The number of hydrogen-bond donors (Lipinski definition) is 4. The second-order valence-electron chi connectivity index (χ2n) is 7.65. The molecule has 2 aromatic heterocycles. The van der Waals surface area contributed by atoms with Gasteiger partial charge in [0.25, 0.3) is 11.1 Å². The number of aromatic amines is 2. The Balaban J connectivity index is 1.45. The zero-order chi connectivity index (χ0) is 24.6. The van der Waals surface area contributed by atoms with Gasteiger partial charge in [0.15, 0.2) is 0 Å². The smallest absolute Gasteiger partial charge is 0.330 e. The fourth-order valence-electron chi connectivity index (χ4n) is 3.76. The van der Waals surface area contributed by atoms with Crippen LogP contribution in [0.4, 0.5) is 0 Å². The first-order chi connectivity index (χ1) is 16.2. The van der Waals surface area contributed by atoms with Crippen molar-refractivity contribution in [1.82, 2.24) is 19.1 Å². The van der Waals surface area contributed by atoms with E-state index in [9.17, 15) is 29.4 Å². The van der Waals surface area contributed by atoms with Crippen molar-refractivity contribution >= 4 is 53.4 Å². The van der Waals surface area contributed by atoms with E-state index in [-0.39, 0.29) is 32.7 Å². The summed E-state index contributed by atoms with van der Waals surface area (Å²) < 4.78 is 14.6. The maximum atomic E-state index is 12.2. The Bertz CT molecular complexity index is 1180. The zero-order valence-corrected chi connectivity index (χ0v) is 22.1. The molecule has 16 heteroatoms. The van der Waals surface area contributed by atoms with Crippen LogP contribution in [-0.2, 0) is 9.47 Å². The molecule has 4 heterocycles. The Morgan fingerprint density at radius 1 is 0.824 bits per heavy atom. The van der Waals surface area contributed by atoms with Gasteiger partial charge < -0.3 is 19.7 Å². The highest BCUT2D eigenvalue weighted by atomic mass is 79.9. The predicted octanol–water partition coefficient (Wildman–Crippen LogP) is 0.290. The fraction of sp³-hybridized carbons (Fsp3) is 0.556. The van der Waals surface area contributed by atoms with E-state index >= 15 is 0 Å². The molecule has 0 radical (unpaired) electrons. The largest absolute Gasteiger partial charge is 0.394 e. The quantitative estimate of drug-likeness (QED) is 0.308. The molecule has 4 N–H and O–H groups in total. The molecule has 2 unspecified atom stereocenters. The summed E-state index contributed by atoms with van der Waals surface area (Å²) >= 11 is 6.20.